The lowest BCUT2D eigenvalue weighted by Crippen LogP contribution is -2.07. The van der Waals surface area contributed by atoms with Gasteiger partial charge in [-0.25, -0.2) is 9.97 Å². The maximum atomic E-state index is 4.82. The molecule has 4 heteroatoms. The predicted molar refractivity (Wildman–Crippen MR) is 80.0 cm³/mol. The Balaban J connectivity index is 1.76. The van der Waals surface area contributed by atoms with Gasteiger partial charge in [0.1, 0.15) is 5.82 Å². The molecule has 2 fully saturated rings. The van der Waals surface area contributed by atoms with Crippen LogP contribution >= 0.6 is 23.5 Å². The Labute approximate surface area is 118 Å². The van der Waals surface area contributed by atoms with Crippen LogP contribution in [0.3, 0.4) is 0 Å². The first kappa shape index (κ1) is 12.8. The molecule has 98 valence electrons. The van der Waals surface area contributed by atoms with Gasteiger partial charge in [-0.1, -0.05) is 6.92 Å². The number of aromatic nitrogens is 2. The lowest BCUT2D eigenvalue weighted by Gasteiger charge is -2.21. The highest BCUT2D eigenvalue weighted by Crippen LogP contribution is 2.43. The molecule has 0 N–H and O–H groups in total. The van der Waals surface area contributed by atoms with Crippen molar-refractivity contribution in [1.29, 1.82) is 0 Å². The maximum absolute atomic E-state index is 4.82. The van der Waals surface area contributed by atoms with Gasteiger partial charge >= 0.3 is 0 Å². The fraction of sp³-hybridized carbons (Fsp3) is 0.714. The summed E-state index contributed by atoms with van der Waals surface area (Å²) in [7, 11) is 0. The van der Waals surface area contributed by atoms with E-state index in [1.165, 1.54) is 30.0 Å². The quantitative estimate of drug-likeness (QED) is 0.840. The van der Waals surface area contributed by atoms with E-state index in [1.54, 1.807) is 0 Å². The monoisotopic (exact) mass is 280 g/mol. The molecule has 2 atom stereocenters. The summed E-state index contributed by atoms with van der Waals surface area (Å²) in [6, 6.07) is 2.18. The second-order valence-electron chi connectivity index (χ2n) is 5.45. The first-order valence-electron chi connectivity index (χ1n) is 6.80. The molecule has 2 heterocycles. The van der Waals surface area contributed by atoms with E-state index in [1.807, 2.05) is 23.5 Å². The number of hydrogen-bond acceptors (Lipinski definition) is 4. The molecule has 0 amide bonds. The number of aryl methyl sites for hydroxylation is 1. The Kier molecular flexibility index (Phi) is 3.85. The zero-order valence-electron chi connectivity index (χ0n) is 11.1. The minimum Gasteiger partial charge on any atom is -0.238 e. The van der Waals surface area contributed by atoms with E-state index in [0.29, 0.717) is 4.58 Å². The van der Waals surface area contributed by atoms with Crippen LogP contribution < -0.4 is 0 Å². The molecule has 0 radical (unpaired) electrons. The van der Waals surface area contributed by atoms with Crippen molar-refractivity contribution in [1.82, 2.24) is 9.97 Å². The lowest BCUT2D eigenvalue weighted by molar-refractivity contribution is 0.702. The fourth-order valence-electron chi connectivity index (χ4n) is 2.44. The van der Waals surface area contributed by atoms with Crippen molar-refractivity contribution in [2.75, 3.05) is 11.5 Å². The Morgan fingerprint density at radius 3 is 2.67 bits per heavy atom. The smallest absolute Gasteiger partial charge is 0.129 e. The molecule has 1 saturated heterocycles. The third-order valence-electron chi connectivity index (χ3n) is 3.71. The van der Waals surface area contributed by atoms with E-state index >= 15 is 0 Å². The molecule has 1 unspecified atom stereocenters. The summed E-state index contributed by atoms with van der Waals surface area (Å²) < 4.78 is 0.538. The zero-order chi connectivity index (χ0) is 12.5. The van der Waals surface area contributed by atoms with E-state index in [0.717, 1.165) is 29.8 Å². The highest BCUT2D eigenvalue weighted by Gasteiger charge is 2.33. The Hall–Kier alpha value is -0.220. The number of hydrogen-bond donors (Lipinski definition) is 0. The third kappa shape index (κ3) is 3.02. The standard InChI is InChI=1S/C14H20N2S2/c1-9-6-11(9)8-13-15-10(2)7-12(16-13)14-17-4-3-5-18-14/h7,9,11,14H,3-6,8H2,1-2H3/t9?,11-/m1/s1. The molecule has 1 aromatic rings. The summed E-state index contributed by atoms with van der Waals surface area (Å²) in [4.78, 5) is 9.43. The van der Waals surface area contributed by atoms with Crippen LogP contribution in [0.1, 0.15) is 41.6 Å². The van der Waals surface area contributed by atoms with Crippen molar-refractivity contribution >= 4 is 23.5 Å². The van der Waals surface area contributed by atoms with Gasteiger partial charge in [-0.05, 0) is 49.2 Å². The second-order valence-corrected chi connectivity index (χ2v) is 8.18. The van der Waals surface area contributed by atoms with Gasteiger partial charge in [0.05, 0.1) is 10.3 Å². The van der Waals surface area contributed by atoms with Gasteiger partial charge in [-0.3, -0.25) is 0 Å². The SMILES string of the molecule is Cc1cc(C2SCCCS2)nc(C[C@H]2CC2C)n1. The molecule has 1 aromatic heterocycles. The molecule has 0 spiro atoms. The first-order chi connectivity index (χ1) is 8.72. The van der Waals surface area contributed by atoms with Crippen LogP contribution in [0, 0.1) is 18.8 Å². The average molecular weight is 280 g/mol. The average Bonchev–Trinajstić information content (AvgIpc) is 3.05. The van der Waals surface area contributed by atoms with Crippen LogP contribution in [-0.2, 0) is 6.42 Å². The molecular formula is C14H20N2S2. The van der Waals surface area contributed by atoms with Gasteiger partial charge in [-0.2, -0.15) is 0 Å². The Morgan fingerprint density at radius 2 is 2.00 bits per heavy atom. The Morgan fingerprint density at radius 1 is 1.28 bits per heavy atom. The second kappa shape index (κ2) is 5.41. The molecule has 0 bridgehead atoms. The van der Waals surface area contributed by atoms with Crippen molar-refractivity contribution in [3.05, 3.63) is 23.3 Å². The predicted octanol–water partition coefficient (Wildman–Crippen LogP) is 3.85. The summed E-state index contributed by atoms with van der Waals surface area (Å²) in [6.45, 7) is 4.43. The number of thioether (sulfide) groups is 2. The van der Waals surface area contributed by atoms with Gasteiger partial charge in [-0.15, -0.1) is 23.5 Å². The van der Waals surface area contributed by atoms with Gasteiger partial charge in [0.25, 0.3) is 0 Å². The summed E-state index contributed by atoms with van der Waals surface area (Å²) in [5.74, 6) is 5.35. The van der Waals surface area contributed by atoms with Gasteiger partial charge in [0.2, 0.25) is 0 Å². The topological polar surface area (TPSA) is 25.8 Å². The molecule has 2 nitrogen and oxygen atoms in total. The normalized spacial score (nSPS) is 28.3. The van der Waals surface area contributed by atoms with E-state index < -0.39 is 0 Å². The molecule has 0 aromatic carbocycles. The van der Waals surface area contributed by atoms with Crippen LogP contribution in [0.2, 0.25) is 0 Å². The summed E-state index contributed by atoms with van der Waals surface area (Å²) in [6.07, 6.45) is 3.78. The Bertz CT molecular complexity index is 430. The van der Waals surface area contributed by atoms with Crippen molar-refractivity contribution in [3.8, 4) is 0 Å². The van der Waals surface area contributed by atoms with Crippen LogP contribution in [0.25, 0.3) is 0 Å². The maximum Gasteiger partial charge on any atom is 0.129 e. The van der Waals surface area contributed by atoms with Crippen LogP contribution in [-0.4, -0.2) is 21.5 Å². The number of rotatable bonds is 3. The largest absolute Gasteiger partial charge is 0.238 e. The van der Waals surface area contributed by atoms with Crippen molar-refractivity contribution in [2.45, 2.75) is 37.7 Å². The van der Waals surface area contributed by atoms with Crippen LogP contribution in [0.4, 0.5) is 0 Å². The minimum absolute atomic E-state index is 0.538. The van der Waals surface area contributed by atoms with Gasteiger partial charge in [0, 0.05) is 12.1 Å². The zero-order valence-corrected chi connectivity index (χ0v) is 12.7. The number of nitrogens with zero attached hydrogens (tertiary/aromatic N) is 2. The molecule has 1 saturated carbocycles. The summed E-state index contributed by atoms with van der Waals surface area (Å²) in [5, 5.41) is 0. The molecule has 18 heavy (non-hydrogen) atoms. The lowest BCUT2D eigenvalue weighted by atomic mass is 10.2. The first-order valence-corrected chi connectivity index (χ1v) is 8.90. The molecular weight excluding hydrogens is 260 g/mol. The summed E-state index contributed by atoms with van der Waals surface area (Å²) in [5.41, 5.74) is 2.38. The molecule has 3 rings (SSSR count). The van der Waals surface area contributed by atoms with E-state index in [2.05, 4.69) is 24.9 Å². The van der Waals surface area contributed by atoms with Crippen LogP contribution in [0.5, 0.6) is 0 Å². The van der Waals surface area contributed by atoms with E-state index in [9.17, 15) is 0 Å². The van der Waals surface area contributed by atoms with E-state index in [4.69, 9.17) is 4.98 Å². The third-order valence-corrected chi connectivity index (χ3v) is 6.66. The highest BCUT2D eigenvalue weighted by molar-refractivity contribution is 8.16. The van der Waals surface area contributed by atoms with Crippen molar-refractivity contribution < 1.29 is 0 Å². The van der Waals surface area contributed by atoms with E-state index in [-0.39, 0.29) is 0 Å². The molecule has 1 aliphatic heterocycles. The van der Waals surface area contributed by atoms with Crippen LogP contribution in [0.15, 0.2) is 6.07 Å². The van der Waals surface area contributed by atoms with Gasteiger partial charge < -0.3 is 0 Å². The van der Waals surface area contributed by atoms with Gasteiger partial charge in [0.15, 0.2) is 0 Å². The summed E-state index contributed by atoms with van der Waals surface area (Å²) >= 11 is 4.08. The van der Waals surface area contributed by atoms with Crippen molar-refractivity contribution in [3.63, 3.8) is 0 Å². The molecule has 2 aliphatic rings. The molecule has 1 aliphatic carbocycles. The fourth-order valence-corrected chi connectivity index (χ4v) is 5.22. The van der Waals surface area contributed by atoms with Crippen molar-refractivity contribution in [2.24, 2.45) is 11.8 Å². The highest BCUT2D eigenvalue weighted by atomic mass is 32.2. The minimum atomic E-state index is 0.538.